The second-order valence-corrected chi connectivity index (χ2v) is 4.55. The summed E-state index contributed by atoms with van der Waals surface area (Å²) in [5, 5.41) is 9.54. The number of halogens is 1. The molecular formula is C8H12INO3. The SMILES string of the molecule is COC(=O)C1=CN(C)[C@H](O)[C@@H](I)C1. The summed E-state index contributed by atoms with van der Waals surface area (Å²) < 4.78 is 4.63. The predicted molar refractivity (Wildman–Crippen MR) is 56.3 cm³/mol. The van der Waals surface area contributed by atoms with Gasteiger partial charge in [0.1, 0.15) is 6.23 Å². The van der Waals surface area contributed by atoms with Gasteiger partial charge in [-0.25, -0.2) is 4.79 Å². The van der Waals surface area contributed by atoms with Crippen molar-refractivity contribution in [3.05, 3.63) is 11.8 Å². The van der Waals surface area contributed by atoms with Crippen LogP contribution in [0.2, 0.25) is 0 Å². The lowest BCUT2D eigenvalue weighted by atomic mass is 10.1. The van der Waals surface area contributed by atoms with E-state index in [2.05, 4.69) is 27.3 Å². The third-order valence-electron chi connectivity index (χ3n) is 1.96. The fourth-order valence-corrected chi connectivity index (χ4v) is 2.19. The zero-order chi connectivity index (χ0) is 10.0. The fraction of sp³-hybridized carbons (Fsp3) is 0.625. The highest BCUT2D eigenvalue weighted by Gasteiger charge is 2.28. The van der Waals surface area contributed by atoms with Gasteiger partial charge in [-0.05, 0) is 6.42 Å². The van der Waals surface area contributed by atoms with Crippen LogP contribution in [0.3, 0.4) is 0 Å². The molecule has 0 aromatic heterocycles. The molecule has 1 N–H and O–H groups in total. The van der Waals surface area contributed by atoms with Gasteiger partial charge in [0.2, 0.25) is 0 Å². The van der Waals surface area contributed by atoms with Gasteiger partial charge in [-0.3, -0.25) is 0 Å². The molecule has 4 nitrogen and oxygen atoms in total. The van der Waals surface area contributed by atoms with Crippen molar-refractivity contribution in [2.45, 2.75) is 16.6 Å². The summed E-state index contributed by atoms with van der Waals surface area (Å²) in [5.74, 6) is -0.319. The van der Waals surface area contributed by atoms with E-state index in [1.807, 2.05) is 0 Å². The van der Waals surface area contributed by atoms with Gasteiger partial charge in [0.15, 0.2) is 0 Å². The van der Waals surface area contributed by atoms with Crippen LogP contribution in [0.25, 0.3) is 0 Å². The number of rotatable bonds is 1. The molecule has 2 atom stereocenters. The maximum absolute atomic E-state index is 11.2. The second kappa shape index (κ2) is 4.28. The molecule has 0 bridgehead atoms. The van der Waals surface area contributed by atoms with Crippen molar-refractivity contribution >= 4 is 28.6 Å². The molecule has 0 spiro atoms. The Labute approximate surface area is 90.7 Å². The van der Waals surface area contributed by atoms with Crippen LogP contribution in [-0.2, 0) is 9.53 Å². The van der Waals surface area contributed by atoms with Crippen LogP contribution in [0.4, 0.5) is 0 Å². The Morgan fingerprint density at radius 1 is 1.85 bits per heavy atom. The first-order valence-corrected chi connectivity index (χ1v) is 5.14. The number of nitrogens with zero attached hydrogens (tertiary/aromatic N) is 1. The van der Waals surface area contributed by atoms with E-state index >= 15 is 0 Å². The molecular weight excluding hydrogens is 285 g/mol. The molecule has 0 radical (unpaired) electrons. The normalized spacial score (nSPS) is 28.3. The van der Waals surface area contributed by atoms with E-state index in [1.165, 1.54) is 7.11 Å². The van der Waals surface area contributed by atoms with Gasteiger partial charge in [-0.2, -0.15) is 0 Å². The molecule has 74 valence electrons. The zero-order valence-electron chi connectivity index (χ0n) is 7.53. The van der Waals surface area contributed by atoms with Gasteiger partial charge in [-0.1, -0.05) is 22.6 Å². The van der Waals surface area contributed by atoms with Crippen LogP contribution in [0.5, 0.6) is 0 Å². The van der Waals surface area contributed by atoms with Crippen molar-refractivity contribution in [1.82, 2.24) is 4.90 Å². The third kappa shape index (κ3) is 2.34. The summed E-state index contributed by atoms with van der Waals surface area (Å²) in [4.78, 5) is 12.8. The maximum Gasteiger partial charge on any atom is 0.335 e. The van der Waals surface area contributed by atoms with Crippen molar-refractivity contribution in [3.63, 3.8) is 0 Å². The van der Waals surface area contributed by atoms with Crippen molar-refractivity contribution in [2.24, 2.45) is 0 Å². The van der Waals surface area contributed by atoms with Gasteiger partial charge in [0.05, 0.1) is 16.6 Å². The number of esters is 1. The van der Waals surface area contributed by atoms with Crippen LogP contribution < -0.4 is 0 Å². The summed E-state index contributed by atoms with van der Waals surface area (Å²) in [7, 11) is 3.09. The molecule has 5 heteroatoms. The maximum atomic E-state index is 11.2. The van der Waals surface area contributed by atoms with E-state index in [4.69, 9.17) is 0 Å². The molecule has 0 aliphatic carbocycles. The Morgan fingerprint density at radius 2 is 2.46 bits per heavy atom. The number of hydrogen-bond acceptors (Lipinski definition) is 4. The average Bonchev–Trinajstić information content (AvgIpc) is 2.12. The van der Waals surface area contributed by atoms with Crippen LogP contribution >= 0.6 is 22.6 Å². The Kier molecular flexibility index (Phi) is 3.55. The zero-order valence-corrected chi connectivity index (χ0v) is 9.69. The molecule has 1 rings (SSSR count). The minimum Gasteiger partial charge on any atom is -0.466 e. The molecule has 0 aromatic carbocycles. The van der Waals surface area contributed by atoms with Crippen molar-refractivity contribution in [1.29, 1.82) is 0 Å². The fourth-order valence-electron chi connectivity index (χ4n) is 1.21. The van der Waals surface area contributed by atoms with Crippen molar-refractivity contribution < 1.29 is 14.6 Å². The van der Waals surface area contributed by atoms with Crippen molar-refractivity contribution in [3.8, 4) is 0 Å². The highest BCUT2D eigenvalue weighted by Crippen LogP contribution is 2.25. The number of carbonyl (C=O) groups excluding carboxylic acids is 1. The molecule has 1 heterocycles. The number of hydrogen-bond donors (Lipinski definition) is 1. The van der Waals surface area contributed by atoms with E-state index in [0.29, 0.717) is 12.0 Å². The monoisotopic (exact) mass is 297 g/mol. The highest BCUT2D eigenvalue weighted by atomic mass is 127. The van der Waals surface area contributed by atoms with Crippen LogP contribution in [0.1, 0.15) is 6.42 Å². The smallest absolute Gasteiger partial charge is 0.335 e. The van der Waals surface area contributed by atoms with Gasteiger partial charge in [0, 0.05) is 13.2 Å². The first kappa shape index (κ1) is 10.8. The lowest BCUT2D eigenvalue weighted by Crippen LogP contribution is -2.39. The van der Waals surface area contributed by atoms with Gasteiger partial charge in [-0.15, -0.1) is 0 Å². The van der Waals surface area contributed by atoms with E-state index in [0.717, 1.165) is 0 Å². The first-order valence-electron chi connectivity index (χ1n) is 3.89. The standard InChI is InChI=1S/C8H12INO3/c1-10-4-5(8(12)13-2)3-6(9)7(10)11/h4,6-7,11H,3H2,1-2H3/t6-,7+/m0/s1. The molecule has 1 aliphatic heterocycles. The topological polar surface area (TPSA) is 49.8 Å². The molecule has 0 aromatic rings. The molecule has 0 fully saturated rings. The molecule has 0 unspecified atom stereocenters. The van der Waals surface area contributed by atoms with Crippen LogP contribution in [-0.4, -0.2) is 40.3 Å². The quantitative estimate of drug-likeness (QED) is 0.435. The lowest BCUT2D eigenvalue weighted by Gasteiger charge is -2.31. The van der Waals surface area contributed by atoms with Gasteiger partial charge in [0.25, 0.3) is 0 Å². The summed E-state index contributed by atoms with van der Waals surface area (Å²) >= 11 is 2.12. The Morgan fingerprint density at radius 3 is 2.92 bits per heavy atom. The molecule has 13 heavy (non-hydrogen) atoms. The highest BCUT2D eigenvalue weighted by molar-refractivity contribution is 14.1. The minimum atomic E-state index is -0.519. The van der Waals surface area contributed by atoms with Crippen LogP contribution in [0, 0.1) is 0 Å². The molecule has 0 saturated carbocycles. The average molecular weight is 297 g/mol. The second-order valence-electron chi connectivity index (χ2n) is 2.95. The predicted octanol–water partition coefficient (Wildman–Crippen LogP) is 0.501. The van der Waals surface area contributed by atoms with E-state index in [9.17, 15) is 9.90 Å². The van der Waals surface area contributed by atoms with Gasteiger partial charge < -0.3 is 14.7 Å². The third-order valence-corrected chi connectivity index (χ3v) is 3.05. The summed E-state index contributed by atoms with van der Waals surface area (Å²) in [6.07, 6.45) is 1.67. The van der Waals surface area contributed by atoms with E-state index in [-0.39, 0.29) is 9.89 Å². The number of methoxy groups -OCH3 is 1. The number of ether oxygens (including phenoxy) is 1. The summed E-state index contributed by atoms with van der Waals surface area (Å²) in [6, 6.07) is 0. The summed E-state index contributed by atoms with van der Waals surface area (Å²) in [5.41, 5.74) is 0.606. The van der Waals surface area contributed by atoms with Crippen LogP contribution in [0.15, 0.2) is 11.8 Å². The number of aliphatic hydroxyl groups excluding tert-OH is 1. The van der Waals surface area contributed by atoms with E-state index in [1.54, 1.807) is 18.1 Å². The van der Waals surface area contributed by atoms with Crippen molar-refractivity contribution in [2.75, 3.05) is 14.2 Å². The lowest BCUT2D eigenvalue weighted by molar-refractivity contribution is -0.136. The first-order chi connectivity index (χ1) is 6.06. The minimum absolute atomic E-state index is 0.0294. The molecule has 1 aliphatic rings. The Balaban J connectivity index is 2.78. The molecule has 0 amide bonds. The Hall–Kier alpha value is -0.300. The summed E-state index contributed by atoms with van der Waals surface area (Å²) in [6.45, 7) is 0. The Bertz CT molecular complexity index is 242. The number of carbonyl (C=O) groups is 1. The largest absolute Gasteiger partial charge is 0.466 e. The van der Waals surface area contributed by atoms with E-state index < -0.39 is 6.23 Å². The number of aliphatic hydroxyl groups is 1. The van der Waals surface area contributed by atoms with Gasteiger partial charge >= 0.3 is 5.97 Å². The molecule has 0 saturated heterocycles. The number of alkyl halides is 1.